The third kappa shape index (κ3) is 2.91. The molecule has 6 nitrogen and oxygen atoms in total. The van der Waals surface area contributed by atoms with Crippen LogP contribution in [0.1, 0.15) is 24.1 Å². The molecule has 2 aliphatic rings. The minimum absolute atomic E-state index is 0.889. The zero-order valence-corrected chi connectivity index (χ0v) is 15.7. The molecule has 0 atom stereocenters. The van der Waals surface area contributed by atoms with Gasteiger partial charge in [-0.15, -0.1) is 0 Å². The minimum Gasteiger partial charge on any atom is -0.348 e. The van der Waals surface area contributed by atoms with E-state index in [1.54, 1.807) is 17.7 Å². The molecule has 1 saturated heterocycles. The Morgan fingerprint density at radius 3 is 2.88 bits per heavy atom. The summed E-state index contributed by atoms with van der Waals surface area (Å²) in [5.74, 6) is 0.921. The van der Waals surface area contributed by atoms with Gasteiger partial charge in [-0.2, -0.15) is 0 Å². The van der Waals surface area contributed by atoms with E-state index in [2.05, 4.69) is 50.3 Å². The molecule has 7 heteroatoms. The summed E-state index contributed by atoms with van der Waals surface area (Å²) in [6.07, 6.45) is 5.20. The molecule has 2 aromatic heterocycles. The highest BCUT2D eigenvalue weighted by atomic mass is 32.1. The standard InChI is InChI=1S/C19H22N6S/c1-24-9-6-15-14(11-24)18(21-12-20-15)22-13-4-5-16-17(10-13)26-19(23-16)25-7-2-3-8-25/h4-5,10,12H,2-3,6-9,11H2,1H3,(H,20,21,22). The highest BCUT2D eigenvalue weighted by molar-refractivity contribution is 7.22. The average Bonchev–Trinajstić information content (AvgIpc) is 3.31. The van der Waals surface area contributed by atoms with E-state index < -0.39 is 0 Å². The molecule has 0 spiro atoms. The number of anilines is 3. The van der Waals surface area contributed by atoms with E-state index in [0.717, 1.165) is 60.4 Å². The van der Waals surface area contributed by atoms with Crippen molar-refractivity contribution >= 4 is 38.2 Å². The maximum Gasteiger partial charge on any atom is 0.186 e. The lowest BCUT2D eigenvalue weighted by Crippen LogP contribution is -2.28. The second-order valence-corrected chi connectivity index (χ2v) is 8.14. The van der Waals surface area contributed by atoms with Crippen molar-refractivity contribution in [3.05, 3.63) is 35.8 Å². The van der Waals surface area contributed by atoms with Crippen LogP contribution < -0.4 is 10.2 Å². The number of thiazole rings is 1. The first-order chi connectivity index (χ1) is 12.8. The summed E-state index contributed by atoms with van der Waals surface area (Å²) < 4.78 is 1.22. The maximum atomic E-state index is 4.81. The summed E-state index contributed by atoms with van der Waals surface area (Å²) in [5, 5.41) is 4.66. The van der Waals surface area contributed by atoms with Crippen molar-refractivity contribution in [3.63, 3.8) is 0 Å². The van der Waals surface area contributed by atoms with Gasteiger partial charge in [0.25, 0.3) is 0 Å². The van der Waals surface area contributed by atoms with Crippen LogP contribution in [-0.2, 0) is 13.0 Å². The molecular weight excluding hydrogens is 344 g/mol. The Hall–Kier alpha value is -2.25. The van der Waals surface area contributed by atoms with Crippen LogP contribution >= 0.6 is 11.3 Å². The fourth-order valence-corrected chi connectivity index (χ4v) is 4.81. The molecule has 1 N–H and O–H groups in total. The van der Waals surface area contributed by atoms with E-state index in [-0.39, 0.29) is 0 Å². The third-order valence-electron chi connectivity index (χ3n) is 5.21. The Bertz CT molecular complexity index is 946. The van der Waals surface area contributed by atoms with Gasteiger partial charge in [-0.05, 0) is 38.1 Å². The fraction of sp³-hybridized carbons (Fsp3) is 0.421. The lowest BCUT2D eigenvalue weighted by Gasteiger charge is -2.25. The normalized spacial score (nSPS) is 17.7. The number of nitrogens with zero attached hydrogens (tertiary/aromatic N) is 5. The lowest BCUT2D eigenvalue weighted by molar-refractivity contribution is 0.310. The smallest absolute Gasteiger partial charge is 0.186 e. The number of hydrogen-bond donors (Lipinski definition) is 1. The molecule has 1 aromatic carbocycles. The topological polar surface area (TPSA) is 57.2 Å². The quantitative estimate of drug-likeness (QED) is 0.766. The van der Waals surface area contributed by atoms with Crippen LogP contribution in [0.4, 0.5) is 16.6 Å². The SMILES string of the molecule is CN1CCc2ncnc(Nc3ccc4nc(N5CCCC5)sc4c3)c2C1. The van der Waals surface area contributed by atoms with Crippen LogP contribution in [-0.4, -0.2) is 46.5 Å². The lowest BCUT2D eigenvalue weighted by atomic mass is 10.1. The summed E-state index contributed by atoms with van der Waals surface area (Å²) in [5.41, 5.74) is 4.51. The van der Waals surface area contributed by atoms with E-state index in [1.807, 2.05) is 0 Å². The van der Waals surface area contributed by atoms with Gasteiger partial charge in [0.2, 0.25) is 0 Å². The van der Waals surface area contributed by atoms with Crippen molar-refractivity contribution in [3.8, 4) is 0 Å². The number of hydrogen-bond acceptors (Lipinski definition) is 7. The van der Waals surface area contributed by atoms with E-state index in [9.17, 15) is 0 Å². The highest BCUT2D eigenvalue weighted by Gasteiger charge is 2.19. The van der Waals surface area contributed by atoms with Crippen molar-refractivity contribution in [2.24, 2.45) is 0 Å². The maximum absolute atomic E-state index is 4.81. The summed E-state index contributed by atoms with van der Waals surface area (Å²) >= 11 is 1.78. The number of fused-ring (bicyclic) bond motifs is 2. The first-order valence-electron chi connectivity index (χ1n) is 9.20. The number of likely N-dealkylation sites (N-methyl/N-ethyl adjacent to an activating group) is 1. The monoisotopic (exact) mass is 366 g/mol. The number of rotatable bonds is 3. The molecular formula is C19H22N6S. The number of nitrogens with one attached hydrogen (secondary N) is 1. The summed E-state index contributed by atoms with van der Waals surface area (Å²) in [4.78, 5) is 18.5. The molecule has 0 bridgehead atoms. The molecule has 26 heavy (non-hydrogen) atoms. The van der Waals surface area contributed by atoms with E-state index in [4.69, 9.17) is 4.98 Å². The van der Waals surface area contributed by atoms with Gasteiger partial charge in [-0.3, -0.25) is 0 Å². The third-order valence-corrected chi connectivity index (χ3v) is 6.29. The van der Waals surface area contributed by atoms with E-state index >= 15 is 0 Å². The molecule has 3 aromatic rings. The van der Waals surface area contributed by atoms with E-state index in [0.29, 0.717) is 0 Å². The van der Waals surface area contributed by atoms with E-state index in [1.165, 1.54) is 23.1 Å². The molecule has 0 unspecified atom stereocenters. The zero-order valence-electron chi connectivity index (χ0n) is 14.9. The van der Waals surface area contributed by atoms with Crippen molar-refractivity contribution in [2.75, 3.05) is 36.9 Å². The first-order valence-corrected chi connectivity index (χ1v) is 10.0. The summed E-state index contributed by atoms with van der Waals surface area (Å²) in [6.45, 7) is 4.20. The predicted octanol–water partition coefficient (Wildman–Crippen LogP) is 3.42. The fourth-order valence-electron chi connectivity index (χ4n) is 3.75. The van der Waals surface area contributed by atoms with Crippen molar-refractivity contribution in [2.45, 2.75) is 25.8 Å². The largest absolute Gasteiger partial charge is 0.348 e. The van der Waals surface area contributed by atoms with Gasteiger partial charge in [0.15, 0.2) is 5.13 Å². The average molecular weight is 366 g/mol. The molecule has 4 heterocycles. The molecule has 0 radical (unpaired) electrons. The molecule has 1 fully saturated rings. The van der Waals surface area contributed by atoms with Crippen molar-refractivity contribution in [1.82, 2.24) is 19.9 Å². The Labute approximate surface area is 156 Å². The van der Waals surface area contributed by atoms with Crippen LogP contribution in [0.15, 0.2) is 24.5 Å². The van der Waals surface area contributed by atoms with Crippen molar-refractivity contribution < 1.29 is 0 Å². The first kappa shape index (κ1) is 16.0. The molecule has 0 aliphatic carbocycles. The molecule has 0 amide bonds. The highest BCUT2D eigenvalue weighted by Crippen LogP contribution is 2.33. The van der Waals surface area contributed by atoms with Gasteiger partial charge in [-0.1, -0.05) is 11.3 Å². The van der Waals surface area contributed by atoms with Crippen LogP contribution in [0.2, 0.25) is 0 Å². The number of aromatic nitrogens is 3. The zero-order chi connectivity index (χ0) is 17.5. The van der Waals surface area contributed by atoms with Gasteiger partial charge in [0, 0.05) is 43.9 Å². The van der Waals surface area contributed by atoms with Gasteiger partial charge < -0.3 is 15.1 Å². The Morgan fingerprint density at radius 2 is 2.00 bits per heavy atom. The van der Waals surface area contributed by atoms with Gasteiger partial charge in [-0.25, -0.2) is 15.0 Å². The van der Waals surface area contributed by atoms with Crippen LogP contribution in [0, 0.1) is 0 Å². The summed E-state index contributed by atoms with van der Waals surface area (Å²) in [6, 6.07) is 6.39. The van der Waals surface area contributed by atoms with Gasteiger partial charge in [0.05, 0.1) is 15.9 Å². The summed E-state index contributed by atoms with van der Waals surface area (Å²) in [7, 11) is 2.14. The Kier molecular flexibility index (Phi) is 3.98. The minimum atomic E-state index is 0.889. The second kappa shape index (κ2) is 6.48. The van der Waals surface area contributed by atoms with Gasteiger partial charge >= 0.3 is 0 Å². The van der Waals surface area contributed by atoms with Crippen LogP contribution in [0.5, 0.6) is 0 Å². The molecule has 0 saturated carbocycles. The van der Waals surface area contributed by atoms with Crippen LogP contribution in [0.25, 0.3) is 10.2 Å². The molecule has 5 rings (SSSR count). The second-order valence-electron chi connectivity index (χ2n) is 7.13. The molecule has 2 aliphatic heterocycles. The number of benzene rings is 1. The Morgan fingerprint density at radius 1 is 1.12 bits per heavy atom. The predicted molar refractivity (Wildman–Crippen MR) is 106 cm³/mol. The Balaban J connectivity index is 1.45. The van der Waals surface area contributed by atoms with Gasteiger partial charge in [0.1, 0.15) is 12.1 Å². The van der Waals surface area contributed by atoms with Crippen LogP contribution in [0.3, 0.4) is 0 Å². The van der Waals surface area contributed by atoms with Crippen molar-refractivity contribution in [1.29, 1.82) is 0 Å². The molecule has 134 valence electrons.